The number of carbonyl (C=O) groups is 1. The molecule has 0 fully saturated rings. The minimum Gasteiger partial charge on any atom is -0.390 e. The molecule has 1 aromatic carbocycles. The highest BCUT2D eigenvalue weighted by molar-refractivity contribution is 6.30. The van der Waals surface area contributed by atoms with E-state index in [2.05, 4.69) is 15.3 Å². The molecule has 0 atom stereocenters. The van der Waals surface area contributed by atoms with Crippen molar-refractivity contribution < 1.29 is 9.90 Å². The number of nitrogens with one attached hydrogen (secondary N) is 1. The number of nitrogens with zero attached hydrogens (tertiary/aromatic N) is 2. The standard InChI is InChI=1S/C19H16ClN3O2/c20-15-3-1-2-13(9-15)8-14-4-7-18(22-10-14)19(25)23-16-5-6-17(12-24)21-11-16/h1-7,9-11,24H,8,12H2,(H,23,25). The molecule has 0 spiro atoms. The number of carbonyl (C=O) groups excluding carboxylic acids is 1. The summed E-state index contributed by atoms with van der Waals surface area (Å²) >= 11 is 5.99. The van der Waals surface area contributed by atoms with Crippen molar-refractivity contribution in [1.82, 2.24) is 9.97 Å². The van der Waals surface area contributed by atoms with Crippen LogP contribution in [0.25, 0.3) is 0 Å². The average molecular weight is 354 g/mol. The first kappa shape index (κ1) is 17.1. The second kappa shape index (κ2) is 7.88. The quantitative estimate of drug-likeness (QED) is 0.736. The lowest BCUT2D eigenvalue weighted by molar-refractivity contribution is 0.102. The first-order chi connectivity index (χ1) is 12.1. The molecule has 0 aliphatic rings. The Morgan fingerprint density at radius 1 is 1.04 bits per heavy atom. The molecule has 2 heterocycles. The van der Waals surface area contributed by atoms with Crippen molar-refractivity contribution in [3.63, 3.8) is 0 Å². The normalized spacial score (nSPS) is 10.5. The van der Waals surface area contributed by atoms with Crippen LogP contribution in [0.3, 0.4) is 0 Å². The van der Waals surface area contributed by atoms with E-state index in [1.807, 2.05) is 30.3 Å². The molecule has 0 aliphatic carbocycles. The fourth-order valence-electron chi connectivity index (χ4n) is 2.33. The fourth-order valence-corrected chi connectivity index (χ4v) is 2.55. The predicted octanol–water partition coefficient (Wildman–Crippen LogP) is 3.47. The molecular formula is C19H16ClN3O2. The zero-order valence-electron chi connectivity index (χ0n) is 13.3. The summed E-state index contributed by atoms with van der Waals surface area (Å²) in [7, 11) is 0. The lowest BCUT2D eigenvalue weighted by Gasteiger charge is -2.06. The van der Waals surface area contributed by atoms with Crippen LogP contribution in [-0.4, -0.2) is 21.0 Å². The van der Waals surface area contributed by atoms with Gasteiger partial charge in [0.1, 0.15) is 5.69 Å². The second-order valence-electron chi connectivity index (χ2n) is 5.51. The number of hydrogen-bond donors (Lipinski definition) is 2. The highest BCUT2D eigenvalue weighted by atomic mass is 35.5. The Labute approximate surface area is 150 Å². The van der Waals surface area contributed by atoms with Crippen LogP contribution in [0.4, 0.5) is 5.69 Å². The van der Waals surface area contributed by atoms with Gasteiger partial charge in [0, 0.05) is 11.2 Å². The van der Waals surface area contributed by atoms with Gasteiger partial charge in [-0.3, -0.25) is 14.8 Å². The molecule has 3 aromatic rings. The van der Waals surface area contributed by atoms with Gasteiger partial charge in [-0.25, -0.2) is 0 Å². The Bertz CT molecular complexity index is 865. The Morgan fingerprint density at radius 3 is 2.56 bits per heavy atom. The number of halogens is 1. The van der Waals surface area contributed by atoms with E-state index in [-0.39, 0.29) is 12.5 Å². The minimum absolute atomic E-state index is 0.135. The third kappa shape index (κ3) is 4.62. The van der Waals surface area contributed by atoms with Crippen molar-refractivity contribution in [3.05, 3.63) is 88.5 Å². The number of benzene rings is 1. The Morgan fingerprint density at radius 2 is 1.92 bits per heavy atom. The summed E-state index contributed by atoms with van der Waals surface area (Å²) < 4.78 is 0. The van der Waals surface area contributed by atoms with Crippen molar-refractivity contribution in [3.8, 4) is 0 Å². The molecular weight excluding hydrogens is 338 g/mol. The van der Waals surface area contributed by atoms with Crippen LogP contribution in [0.5, 0.6) is 0 Å². The maximum Gasteiger partial charge on any atom is 0.274 e. The smallest absolute Gasteiger partial charge is 0.274 e. The molecule has 25 heavy (non-hydrogen) atoms. The van der Waals surface area contributed by atoms with Gasteiger partial charge in [0.15, 0.2) is 0 Å². The minimum atomic E-state index is -0.312. The highest BCUT2D eigenvalue weighted by Crippen LogP contribution is 2.15. The SMILES string of the molecule is O=C(Nc1ccc(CO)nc1)c1ccc(Cc2cccc(Cl)c2)cn1. The number of aliphatic hydroxyl groups is 1. The summed E-state index contributed by atoms with van der Waals surface area (Å²) in [5.74, 6) is -0.312. The zero-order chi connectivity index (χ0) is 17.6. The van der Waals surface area contributed by atoms with E-state index in [9.17, 15) is 4.79 Å². The van der Waals surface area contributed by atoms with Gasteiger partial charge in [0.25, 0.3) is 5.91 Å². The van der Waals surface area contributed by atoms with Gasteiger partial charge in [-0.2, -0.15) is 0 Å². The maximum absolute atomic E-state index is 12.2. The summed E-state index contributed by atoms with van der Waals surface area (Å²) in [5, 5.41) is 12.4. The highest BCUT2D eigenvalue weighted by Gasteiger charge is 2.08. The molecule has 6 heteroatoms. The number of anilines is 1. The van der Waals surface area contributed by atoms with Gasteiger partial charge < -0.3 is 10.4 Å². The lowest BCUT2D eigenvalue weighted by Crippen LogP contribution is -2.14. The van der Waals surface area contributed by atoms with Crippen LogP contribution in [0.1, 0.15) is 27.3 Å². The van der Waals surface area contributed by atoms with E-state index in [0.29, 0.717) is 28.5 Å². The molecule has 0 saturated heterocycles. The van der Waals surface area contributed by atoms with Gasteiger partial charge in [-0.15, -0.1) is 0 Å². The molecule has 2 aromatic heterocycles. The van der Waals surface area contributed by atoms with E-state index in [0.717, 1.165) is 11.1 Å². The predicted molar refractivity (Wildman–Crippen MR) is 96.6 cm³/mol. The van der Waals surface area contributed by atoms with Gasteiger partial charge in [-0.1, -0.05) is 29.8 Å². The molecule has 1 amide bonds. The van der Waals surface area contributed by atoms with E-state index in [1.54, 1.807) is 24.4 Å². The Hall–Kier alpha value is -2.76. The molecule has 3 rings (SSSR count). The molecule has 5 nitrogen and oxygen atoms in total. The summed E-state index contributed by atoms with van der Waals surface area (Å²) in [6.45, 7) is -0.135. The first-order valence-electron chi connectivity index (χ1n) is 7.70. The maximum atomic E-state index is 12.2. The van der Waals surface area contributed by atoms with Gasteiger partial charge in [0.05, 0.1) is 24.2 Å². The van der Waals surface area contributed by atoms with Crippen molar-refractivity contribution in [2.24, 2.45) is 0 Å². The number of amides is 1. The molecule has 0 saturated carbocycles. The number of aliphatic hydroxyl groups excluding tert-OH is 1. The van der Waals surface area contributed by atoms with Gasteiger partial charge in [-0.05, 0) is 47.9 Å². The third-order valence-electron chi connectivity index (χ3n) is 3.60. The first-order valence-corrected chi connectivity index (χ1v) is 8.08. The second-order valence-corrected chi connectivity index (χ2v) is 5.95. The average Bonchev–Trinajstić information content (AvgIpc) is 2.63. The van der Waals surface area contributed by atoms with Crippen LogP contribution in [0, 0.1) is 0 Å². The fraction of sp³-hybridized carbons (Fsp3) is 0.105. The van der Waals surface area contributed by atoms with Crippen LogP contribution in [0.15, 0.2) is 60.9 Å². The van der Waals surface area contributed by atoms with Crippen LogP contribution >= 0.6 is 11.6 Å². The largest absolute Gasteiger partial charge is 0.390 e. The van der Waals surface area contributed by atoms with Crippen LogP contribution in [-0.2, 0) is 13.0 Å². The molecule has 2 N–H and O–H groups in total. The van der Waals surface area contributed by atoms with Gasteiger partial charge >= 0.3 is 0 Å². The van der Waals surface area contributed by atoms with E-state index in [1.165, 1.54) is 6.20 Å². The van der Waals surface area contributed by atoms with Crippen LogP contribution in [0.2, 0.25) is 5.02 Å². The van der Waals surface area contributed by atoms with Crippen molar-refractivity contribution in [2.45, 2.75) is 13.0 Å². The van der Waals surface area contributed by atoms with E-state index in [4.69, 9.17) is 16.7 Å². The monoisotopic (exact) mass is 353 g/mol. The molecule has 0 bridgehead atoms. The summed E-state index contributed by atoms with van der Waals surface area (Å²) in [5.41, 5.74) is 3.49. The number of rotatable bonds is 5. The number of pyridine rings is 2. The third-order valence-corrected chi connectivity index (χ3v) is 3.83. The Balaban J connectivity index is 1.65. The van der Waals surface area contributed by atoms with Crippen molar-refractivity contribution >= 4 is 23.2 Å². The number of hydrogen-bond acceptors (Lipinski definition) is 4. The van der Waals surface area contributed by atoms with Gasteiger partial charge in [0.2, 0.25) is 0 Å². The van der Waals surface area contributed by atoms with E-state index < -0.39 is 0 Å². The zero-order valence-corrected chi connectivity index (χ0v) is 14.1. The van der Waals surface area contributed by atoms with Crippen LogP contribution < -0.4 is 5.32 Å². The topological polar surface area (TPSA) is 75.1 Å². The summed E-state index contributed by atoms with van der Waals surface area (Å²) in [6, 6.07) is 14.5. The molecule has 126 valence electrons. The van der Waals surface area contributed by atoms with Crippen molar-refractivity contribution in [2.75, 3.05) is 5.32 Å². The summed E-state index contributed by atoms with van der Waals surface area (Å²) in [6.07, 6.45) is 3.88. The number of aromatic nitrogens is 2. The van der Waals surface area contributed by atoms with Crippen molar-refractivity contribution in [1.29, 1.82) is 0 Å². The van der Waals surface area contributed by atoms with E-state index >= 15 is 0 Å². The molecule has 0 radical (unpaired) electrons. The molecule has 0 aliphatic heterocycles. The lowest BCUT2D eigenvalue weighted by atomic mass is 10.1. The summed E-state index contributed by atoms with van der Waals surface area (Å²) in [4.78, 5) is 20.5. The Kier molecular flexibility index (Phi) is 5.38. The molecule has 0 unspecified atom stereocenters.